The molecular weight excluding hydrogens is 218 g/mol. The third kappa shape index (κ3) is 2.45. The second-order valence-corrected chi connectivity index (χ2v) is 4.09. The predicted molar refractivity (Wildman–Crippen MR) is 64.7 cm³/mol. The van der Waals surface area contributed by atoms with Gasteiger partial charge in [0.05, 0.1) is 17.1 Å². The Morgan fingerprint density at radius 1 is 1.41 bits per heavy atom. The molecule has 3 N–H and O–H groups in total. The van der Waals surface area contributed by atoms with E-state index in [1.807, 2.05) is 31.2 Å². The number of nitrogens with one attached hydrogen (secondary N) is 2. The Hall–Kier alpha value is -1.88. The molecule has 0 bridgehead atoms. The van der Waals surface area contributed by atoms with Crippen LogP contribution in [0.1, 0.15) is 25.7 Å². The third-order valence-electron chi connectivity index (χ3n) is 2.69. The number of H-pyrrole nitrogens is 1. The monoisotopic (exact) mass is 233 g/mol. The number of aromatic nitrogens is 2. The van der Waals surface area contributed by atoms with E-state index in [1.54, 1.807) is 6.92 Å². The summed E-state index contributed by atoms with van der Waals surface area (Å²) in [7, 11) is 0. The lowest BCUT2D eigenvalue weighted by molar-refractivity contribution is -0.139. The lowest BCUT2D eigenvalue weighted by Gasteiger charge is -2.14. The van der Waals surface area contributed by atoms with Crippen molar-refractivity contribution in [3.63, 3.8) is 0 Å². The summed E-state index contributed by atoms with van der Waals surface area (Å²) in [4.78, 5) is 18.3. The highest BCUT2D eigenvalue weighted by Gasteiger charge is 2.17. The van der Waals surface area contributed by atoms with Crippen LogP contribution in [0.25, 0.3) is 11.0 Å². The van der Waals surface area contributed by atoms with Gasteiger partial charge in [-0.15, -0.1) is 0 Å². The number of nitrogens with zero attached hydrogens (tertiary/aromatic N) is 1. The molecule has 0 spiro atoms. The molecule has 0 saturated carbocycles. The average molecular weight is 233 g/mol. The van der Waals surface area contributed by atoms with Crippen LogP contribution >= 0.6 is 0 Å². The van der Waals surface area contributed by atoms with Crippen LogP contribution in [0.15, 0.2) is 24.3 Å². The summed E-state index contributed by atoms with van der Waals surface area (Å²) in [6.45, 7) is 3.50. The number of rotatable bonds is 4. The molecule has 0 radical (unpaired) electrons. The van der Waals surface area contributed by atoms with Crippen LogP contribution in [0, 0.1) is 0 Å². The van der Waals surface area contributed by atoms with Crippen LogP contribution in [0.5, 0.6) is 0 Å². The van der Waals surface area contributed by atoms with Gasteiger partial charge in [-0.3, -0.25) is 10.1 Å². The Kier molecular flexibility index (Phi) is 3.10. The maximum atomic E-state index is 10.7. The van der Waals surface area contributed by atoms with Gasteiger partial charge in [0, 0.05) is 0 Å². The number of benzene rings is 1. The Balaban J connectivity index is 2.19. The summed E-state index contributed by atoms with van der Waals surface area (Å²) in [6.07, 6.45) is 0. The second-order valence-electron chi connectivity index (χ2n) is 4.09. The molecule has 0 aliphatic rings. The number of carboxylic acids is 1. The van der Waals surface area contributed by atoms with Crippen molar-refractivity contribution in [2.75, 3.05) is 0 Å². The lowest BCUT2D eigenvalue weighted by Crippen LogP contribution is -2.35. The SMILES string of the molecule is CC(NC(C)c1nc2ccccc2[nH]1)C(=O)O. The first-order valence-corrected chi connectivity index (χ1v) is 5.51. The van der Waals surface area contributed by atoms with Crippen molar-refractivity contribution in [2.45, 2.75) is 25.9 Å². The van der Waals surface area contributed by atoms with Crippen LogP contribution < -0.4 is 5.32 Å². The van der Waals surface area contributed by atoms with Crippen molar-refractivity contribution in [2.24, 2.45) is 0 Å². The maximum absolute atomic E-state index is 10.7. The first-order chi connectivity index (χ1) is 8.08. The first-order valence-electron chi connectivity index (χ1n) is 5.51. The fourth-order valence-corrected chi connectivity index (χ4v) is 1.70. The molecule has 5 nitrogen and oxygen atoms in total. The molecule has 1 aromatic heterocycles. The van der Waals surface area contributed by atoms with Crippen LogP contribution in [0.3, 0.4) is 0 Å². The molecule has 90 valence electrons. The topological polar surface area (TPSA) is 78.0 Å². The zero-order chi connectivity index (χ0) is 12.4. The summed E-state index contributed by atoms with van der Waals surface area (Å²) in [6, 6.07) is 6.99. The Morgan fingerprint density at radius 3 is 2.76 bits per heavy atom. The zero-order valence-electron chi connectivity index (χ0n) is 9.77. The molecule has 5 heteroatoms. The van der Waals surface area contributed by atoms with E-state index in [9.17, 15) is 4.79 Å². The van der Waals surface area contributed by atoms with Gasteiger partial charge < -0.3 is 10.1 Å². The van der Waals surface area contributed by atoms with Gasteiger partial charge >= 0.3 is 5.97 Å². The third-order valence-corrected chi connectivity index (χ3v) is 2.69. The molecule has 2 unspecified atom stereocenters. The molecule has 2 rings (SSSR count). The van der Waals surface area contributed by atoms with Crippen molar-refractivity contribution < 1.29 is 9.90 Å². The van der Waals surface area contributed by atoms with E-state index in [0.29, 0.717) is 0 Å². The molecule has 0 aliphatic carbocycles. The maximum Gasteiger partial charge on any atom is 0.320 e. The van der Waals surface area contributed by atoms with Crippen LogP contribution in [0.4, 0.5) is 0 Å². The highest BCUT2D eigenvalue weighted by atomic mass is 16.4. The molecule has 2 aromatic rings. The summed E-state index contributed by atoms with van der Waals surface area (Å²) in [5.41, 5.74) is 1.85. The number of carboxylic acid groups (broad SMARTS) is 1. The average Bonchev–Trinajstić information content (AvgIpc) is 2.72. The standard InChI is InChI=1S/C12H15N3O2/c1-7(13-8(2)12(16)17)11-14-9-5-3-4-6-10(9)15-11/h3-8,13H,1-2H3,(H,14,15)(H,16,17). The van der Waals surface area contributed by atoms with E-state index in [2.05, 4.69) is 15.3 Å². The quantitative estimate of drug-likeness (QED) is 0.751. The number of carbonyl (C=O) groups is 1. The molecule has 1 aromatic carbocycles. The predicted octanol–water partition coefficient (Wildman–Crippen LogP) is 1.69. The largest absolute Gasteiger partial charge is 0.480 e. The fraction of sp³-hybridized carbons (Fsp3) is 0.333. The smallest absolute Gasteiger partial charge is 0.320 e. The number of hydrogen-bond acceptors (Lipinski definition) is 3. The number of fused-ring (bicyclic) bond motifs is 1. The normalized spacial score (nSPS) is 14.7. The highest BCUT2D eigenvalue weighted by Crippen LogP contribution is 2.15. The molecule has 0 saturated heterocycles. The second kappa shape index (κ2) is 4.55. The molecule has 0 aliphatic heterocycles. The summed E-state index contributed by atoms with van der Waals surface area (Å²) in [5, 5.41) is 11.8. The fourth-order valence-electron chi connectivity index (χ4n) is 1.70. The van der Waals surface area contributed by atoms with Crippen LogP contribution in [0.2, 0.25) is 0 Å². The van der Waals surface area contributed by atoms with E-state index in [1.165, 1.54) is 0 Å². The number of imidazole rings is 1. The van der Waals surface area contributed by atoms with Gasteiger partial charge in [0.1, 0.15) is 11.9 Å². The minimum absolute atomic E-state index is 0.131. The van der Waals surface area contributed by atoms with Crippen LogP contribution in [-0.4, -0.2) is 27.1 Å². The van der Waals surface area contributed by atoms with Crippen molar-refractivity contribution in [1.29, 1.82) is 0 Å². The van der Waals surface area contributed by atoms with E-state index in [0.717, 1.165) is 16.9 Å². The lowest BCUT2D eigenvalue weighted by atomic mass is 10.2. The summed E-state index contributed by atoms with van der Waals surface area (Å²) in [5.74, 6) is -0.118. The minimum atomic E-state index is -0.868. The van der Waals surface area contributed by atoms with Crippen molar-refractivity contribution >= 4 is 17.0 Å². The summed E-state index contributed by atoms with van der Waals surface area (Å²) >= 11 is 0. The highest BCUT2D eigenvalue weighted by molar-refractivity contribution is 5.75. The Bertz CT molecular complexity index is 502. The van der Waals surface area contributed by atoms with E-state index in [-0.39, 0.29) is 6.04 Å². The zero-order valence-corrected chi connectivity index (χ0v) is 9.77. The molecular formula is C12H15N3O2. The molecule has 0 fully saturated rings. The van der Waals surface area contributed by atoms with Gasteiger partial charge in [-0.2, -0.15) is 0 Å². The van der Waals surface area contributed by atoms with Gasteiger partial charge in [-0.25, -0.2) is 4.98 Å². The van der Waals surface area contributed by atoms with E-state index >= 15 is 0 Å². The van der Waals surface area contributed by atoms with Gasteiger partial charge in [0.15, 0.2) is 0 Å². The van der Waals surface area contributed by atoms with Crippen molar-refractivity contribution in [3.8, 4) is 0 Å². The minimum Gasteiger partial charge on any atom is -0.480 e. The Morgan fingerprint density at radius 2 is 2.12 bits per heavy atom. The number of aromatic amines is 1. The van der Waals surface area contributed by atoms with Gasteiger partial charge in [0.25, 0.3) is 0 Å². The number of hydrogen-bond donors (Lipinski definition) is 3. The van der Waals surface area contributed by atoms with E-state index in [4.69, 9.17) is 5.11 Å². The summed E-state index contributed by atoms with van der Waals surface area (Å²) < 4.78 is 0. The molecule has 1 heterocycles. The van der Waals surface area contributed by atoms with Gasteiger partial charge in [-0.05, 0) is 26.0 Å². The van der Waals surface area contributed by atoms with Gasteiger partial charge in [0.2, 0.25) is 0 Å². The van der Waals surface area contributed by atoms with E-state index < -0.39 is 12.0 Å². The van der Waals surface area contributed by atoms with Crippen LogP contribution in [-0.2, 0) is 4.79 Å². The van der Waals surface area contributed by atoms with Crippen molar-refractivity contribution in [1.82, 2.24) is 15.3 Å². The van der Waals surface area contributed by atoms with Gasteiger partial charge in [-0.1, -0.05) is 12.1 Å². The first kappa shape index (κ1) is 11.6. The Labute approximate surface area is 98.9 Å². The molecule has 17 heavy (non-hydrogen) atoms. The number of para-hydroxylation sites is 2. The van der Waals surface area contributed by atoms with Crippen molar-refractivity contribution in [3.05, 3.63) is 30.1 Å². The molecule has 0 amide bonds. The number of aliphatic carboxylic acids is 1. The molecule has 2 atom stereocenters.